The molecule has 0 aromatic heterocycles. The Labute approximate surface area is 114 Å². The number of hydrogen-bond acceptors (Lipinski definition) is 3. The SMILES string of the molecule is Nc1cc(N)c(SCc2ccccc2)c(F)c1Cl. The highest BCUT2D eigenvalue weighted by atomic mass is 35.5. The van der Waals surface area contributed by atoms with Gasteiger partial charge in [-0.2, -0.15) is 0 Å². The predicted octanol–water partition coefficient (Wildman–Crippen LogP) is 3.94. The number of nitrogen functional groups attached to an aromatic ring is 2. The summed E-state index contributed by atoms with van der Waals surface area (Å²) in [4.78, 5) is 0.345. The van der Waals surface area contributed by atoms with Gasteiger partial charge in [0.15, 0.2) is 5.82 Å². The second kappa shape index (κ2) is 5.50. The monoisotopic (exact) mass is 282 g/mol. The molecule has 0 spiro atoms. The molecule has 0 aliphatic carbocycles. The largest absolute Gasteiger partial charge is 0.398 e. The lowest BCUT2D eigenvalue weighted by molar-refractivity contribution is 0.604. The first-order chi connectivity index (χ1) is 8.59. The Morgan fingerprint density at radius 3 is 2.44 bits per heavy atom. The predicted molar refractivity (Wildman–Crippen MR) is 76.2 cm³/mol. The molecule has 0 saturated heterocycles. The van der Waals surface area contributed by atoms with Gasteiger partial charge in [-0.3, -0.25) is 0 Å². The smallest absolute Gasteiger partial charge is 0.159 e. The lowest BCUT2D eigenvalue weighted by Crippen LogP contribution is -1.98. The van der Waals surface area contributed by atoms with Gasteiger partial charge in [-0.05, 0) is 11.6 Å². The van der Waals surface area contributed by atoms with Gasteiger partial charge >= 0.3 is 0 Å². The molecule has 0 bridgehead atoms. The fraction of sp³-hybridized carbons (Fsp3) is 0.0769. The molecule has 0 aliphatic rings. The molecular weight excluding hydrogens is 271 g/mol. The molecular formula is C13H12ClFN2S. The van der Waals surface area contributed by atoms with Crippen LogP contribution in [0, 0.1) is 5.82 Å². The Hall–Kier alpha value is -1.39. The van der Waals surface area contributed by atoms with Crippen molar-refractivity contribution in [2.75, 3.05) is 11.5 Å². The normalized spacial score (nSPS) is 10.6. The van der Waals surface area contributed by atoms with Crippen molar-refractivity contribution < 1.29 is 4.39 Å². The lowest BCUT2D eigenvalue weighted by Gasteiger charge is -2.10. The summed E-state index contributed by atoms with van der Waals surface area (Å²) in [6.45, 7) is 0. The van der Waals surface area contributed by atoms with E-state index in [0.717, 1.165) is 5.56 Å². The van der Waals surface area contributed by atoms with Crippen LogP contribution in [0.2, 0.25) is 5.02 Å². The number of benzene rings is 2. The molecule has 2 nitrogen and oxygen atoms in total. The van der Waals surface area contributed by atoms with E-state index in [9.17, 15) is 4.39 Å². The summed E-state index contributed by atoms with van der Waals surface area (Å²) >= 11 is 7.08. The molecule has 0 radical (unpaired) electrons. The Balaban J connectivity index is 2.22. The third kappa shape index (κ3) is 2.71. The van der Waals surface area contributed by atoms with Crippen molar-refractivity contribution >= 4 is 34.7 Å². The molecule has 2 rings (SSSR count). The number of thioether (sulfide) groups is 1. The summed E-state index contributed by atoms with van der Waals surface area (Å²) in [6.07, 6.45) is 0. The van der Waals surface area contributed by atoms with Crippen molar-refractivity contribution in [2.24, 2.45) is 0 Å². The Morgan fingerprint density at radius 1 is 1.11 bits per heavy atom. The van der Waals surface area contributed by atoms with Crippen LogP contribution in [0.15, 0.2) is 41.3 Å². The Bertz CT molecular complexity index is 561. The van der Waals surface area contributed by atoms with E-state index in [2.05, 4.69) is 0 Å². The van der Waals surface area contributed by atoms with Crippen LogP contribution in [0.5, 0.6) is 0 Å². The zero-order chi connectivity index (χ0) is 13.1. The van der Waals surface area contributed by atoms with Crippen molar-refractivity contribution in [2.45, 2.75) is 10.6 Å². The topological polar surface area (TPSA) is 52.0 Å². The second-order valence-electron chi connectivity index (χ2n) is 3.79. The zero-order valence-corrected chi connectivity index (χ0v) is 11.1. The minimum Gasteiger partial charge on any atom is -0.398 e. The molecule has 0 fully saturated rings. The average Bonchev–Trinajstić information content (AvgIpc) is 2.37. The number of nitrogens with two attached hydrogens (primary N) is 2. The van der Waals surface area contributed by atoms with Gasteiger partial charge in [0, 0.05) is 5.75 Å². The van der Waals surface area contributed by atoms with E-state index in [-0.39, 0.29) is 10.7 Å². The lowest BCUT2D eigenvalue weighted by atomic mass is 10.2. The van der Waals surface area contributed by atoms with Gasteiger partial charge in [-0.25, -0.2) is 4.39 Å². The van der Waals surface area contributed by atoms with Crippen LogP contribution in [-0.2, 0) is 5.75 Å². The first kappa shape index (κ1) is 13.1. The van der Waals surface area contributed by atoms with Crippen LogP contribution in [0.1, 0.15) is 5.56 Å². The summed E-state index contributed by atoms with van der Waals surface area (Å²) in [5, 5.41) is -0.0697. The van der Waals surface area contributed by atoms with E-state index in [4.69, 9.17) is 23.1 Å². The maximum Gasteiger partial charge on any atom is 0.159 e. The van der Waals surface area contributed by atoms with Crippen molar-refractivity contribution in [3.63, 3.8) is 0 Å². The van der Waals surface area contributed by atoms with E-state index in [0.29, 0.717) is 16.3 Å². The van der Waals surface area contributed by atoms with Crippen molar-refractivity contribution in [3.05, 3.63) is 52.8 Å². The molecule has 4 N–H and O–H groups in total. The summed E-state index contributed by atoms with van der Waals surface area (Å²) in [7, 11) is 0. The number of anilines is 2. The van der Waals surface area contributed by atoms with E-state index in [1.165, 1.54) is 17.8 Å². The summed E-state index contributed by atoms with van der Waals surface area (Å²) < 4.78 is 13.9. The third-order valence-electron chi connectivity index (χ3n) is 2.44. The van der Waals surface area contributed by atoms with Crippen molar-refractivity contribution in [1.82, 2.24) is 0 Å². The van der Waals surface area contributed by atoms with E-state index in [1.807, 2.05) is 30.3 Å². The summed E-state index contributed by atoms with van der Waals surface area (Å²) in [5.41, 5.74) is 12.9. The zero-order valence-electron chi connectivity index (χ0n) is 9.49. The van der Waals surface area contributed by atoms with Crippen LogP contribution >= 0.6 is 23.4 Å². The standard InChI is InChI=1S/C13H12ClFN2S/c14-11-9(16)6-10(17)13(12(11)15)18-7-8-4-2-1-3-5-8/h1-6H,7,16-17H2. The number of hydrogen-bond donors (Lipinski definition) is 2. The van der Waals surface area contributed by atoms with E-state index < -0.39 is 5.82 Å². The third-order valence-corrected chi connectivity index (χ3v) is 4.01. The van der Waals surface area contributed by atoms with Gasteiger partial charge < -0.3 is 11.5 Å². The highest BCUT2D eigenvalue weighted by Crippen LogP contribution is 2.37. The number of rotatable bonds is 3. The van der Waals surface area contributed by atoms with Crippen LogP contribution < -0.4 is 11.5 Å². The van der Waals surface area contributed by atoms with E-state index >= 15 is 0 Å². The molecule has 0 unspecified atom stereocenters. The maximum atomic E-state index is 13.9. The fourth-order valence-electron chi connectivity index (χ4n) is 1.53. The molecule has 0 saturated carbocycles. The second-order valence-corrected chi connectivity index (χ2v) is 5.15. The molecule has 0 atom stereocenters. The van der Waals surface area contributed by atoms with Gasteiger partial charge in [0.05, 0.1) is 16.3 Å². The highest BCUT2D eigenvalue weighted by Gasteiger charge is 2.14. The van der Waals surface area contributed by atoms with Gasteiger partial charge in [-0.15, -0.1) is 11.8 Å². The van der Waals surface area contributed by atoms with Crippen molar-refractivity contribution in [1.29, 1.82) is 0 Å². The quantitative estimate of drug-likeness (QED) is 0.662. The van der Waals surface area contributed by atoms with Gasteiger partial charge in [0.1, 0.15) is 5.02 Å². The van der Waals surface area contributed by atoms with Gasteiger partial charge in [-0.1, -0.05) is 41.9 Å². The fourth-order valence-corrected chi connectivity index (χ4v) is 2.69. The molecule has 94 valence electrons. The van der Waals surface area contributed by atoms with Gasteiger partial charge in [0.25, 0.3) is 0 Å². The Morgan fingerprint density at radius 2 is 1.78 bits per heavy atom. The molecule has 0 aliphatic heterocycles. The van der Waals surface area contributed by atoms with Crippen molar-refractivity contribution in [3.8, 4) is 0 Å². The van der Waals surface area contributed by atoms with Crippen LogP contribution in [0.4, 0.5) is 15.8 Å². The first-order valence-electron chi connectivity index (χ1n) is 5.29. The van der Waals surface area contributed by atoms with E-state index in [1.54, 1.807) is 0 Å². The van der Waals surface area contributed by atoms with Crippen LogP contribution in [0.25, 0.3) is 0 Å². The molecule has 0 amide bonds. The first-order valence-corrected chi connectivity index (χ1v) is 6.65. The number of halogens is 2. The van der Waals surface area contributed by atoms with Gasteiger partial charge in [0.2, 0.25) is 0 Å². The Kier molecular flexibility index (Phi) is 3.99. The molecule has 5 heteroatoms. The maximum absolute atomic E-state index is 13.9. The molecule has 2 aromatic carbocycles. The summed E-state index contributed by atoms with van der Waals surface area (Å²) in [6, 6.07) is 11.2. The summed E-state index contributed by atoms with van der Waals surface area (Å²) in [5.74, 6) is 0.0810. The highest BCUT2D eigenvalue weighted by molar-refractivity contribution is 7.98. The minimum atomic E-state index is -0.546. The van der Waals surface area contributed by atoms with Crippen LogP contribution in [-0.4, -0.2) is 0 Å². The molecule has 0 heterocycles. The van der Waals surface area contributed by atoms with Crippen LogP contribution in [0.3, 0.4) is 0 Å². The minimum absolute atomic E-state index is 0.0697. The average molecular weight is 283 g/mol. The molecule has 2 aromatic rings. The molecule has 18 heavy (non-hydrogen) atoms.